The number of aromatic nitrogens is 2. The molecule has 35 heavy (non-hydrogen) atoms. The van der Waals surface area contributed by atoms with Crippen LogP contribution in [0.1, 0.15) is 42.3 Å². The number of hydrogen-bond donors (Lipinski definition) is 0. The van der Waals surface area contributed by atoms with Crippen LogP contribution in [-0.4, -0.2) is 23.3 Å². The summed E-state index contributed by atoms with van der Waals surface area (Å²) in [6.45, 7) is 8.13. The van der Waals surface area contributed by atoms with Crippen LogP contribution in [0.2, 0.25) is 0 Å². The standard InChI is InChI=1S/C30H34N2O3/c1-5-11-24-16-17-28(29(20-24)33-4)35-21-30-31-25-13-6-7-14-26(25)32(30)18-8-9-19-34-27-15-10-12-22(2)23(27)3/h5-7,10-17,20H,8-9,18-19,21H2,1-4H3/b11-5-. The SMILES string of the molecule is C/C=C\c1ccc(OCc2nc3ccccc3n2CCCCOc2cccc(C)c2C)c(OC)c1. The molecule has 5 nitrogen and oxygen atoms in total. The van der Waals surface area contributed by atoms with E-state index in [1.807, 2.05) is 61.5 Å². The fourth-order valence-corrected chi connectivity index (χ4v) is 4.16. The van der Waals surface area contributed by atoms with Crippen molar-refractivity contribution in [3.8, 4) is 17.2 Å². The van der Waals surface area contributed by atoms with Gasteiger partial charge in [-0.25, -0.2) is 4.98 Å². The molecule has 0 amide bonds. The molecule has 0 fully saturated rings. The second kappa shape index (κ2) is 11.6. The van der Waals surface area contributed by atoms with Crippen molar-refractivity contribution in [2.75, 3.05) is 13.7 Å². The number of rotatable bonds is 11. The van der Waals surface area contributed by atoms with Gasteiger partial charge in [0.1, 0.15) is 18.2 Å². The van der Waals surface area contributed by atoms with Gasteiger partial charge in [-0.15, -0.1) is 0 Å². The molecule has 0 aliphatic rings. The molecule has 0 spiro atoms. The molecule has 5 heteroatoms. The third-order valence-corrected chi connectivity index (χ3v) is 6.23. The zero-order valence-electron chi connectivity index (χ0n) is 21.1. The molecule has 3 aromatic carbocycles. The number of fused-ring (bicyclic) bond motifs is 1. The summed E-state index contributed by atoms with van der Waals surface area (Å²) in [6, 6.07) is 20.4. The van der Waals surface area contributed by atoms with Gasteiger partial charge in [-0.3, -0.25) is 0 Å². The van der Waals surface area contributed by atoms with Crippen LogP contribution in [0, 0.1) is 13.8 Å². The monoisotopic (exact) mass is 470 g/mol. The molecule has 0 aliphatic heterocycles. The van der Waals surface area contributed by atoms with Crippen molar-refractivity contribution in [2.24, 2.45) is 0 Å². The van der Waals surface area contributed by atoms with Crippen LogP contribution < -0.4 is 14.2 Å². The summed E-state index contributed by atoms with van der Waals surface area (Å²) in [5.74, 6) is 3.30. The lowest BCUT2D eigenvalue weighted by atomic mass is 10.1. The zero-order chi connectivity index (χ0) is 24.6. The third-order valence-electron chi connectivity index (χ3n) is 6.23. The summed E-state index contributed by atoms with van der Waals surface area (Å²) < 4.78 is 20.0. The molecule has 1 aromatic heterocycles. The van der Waals surface area contributed by atoms with Gasteiger partial charge in [-0.2, -0.15) is 0 Å². The average Bonchev–Trinajstić information content (AvgIpc) is 3.23. The number of allylic oxidation sites excluding steroid dienone is 1. The highest BCUT2D eigenvalue weighted by Crippen LogP contribution is 2.30. The maximum Gasteiger partial charge on any atom is 0.161 e. The first kappa shape index (κ1) is 24.4. The van der Waals surface area contributed by atoms with Gasteiger partial charge < -0.3 is 18.8 Å². The van der Waals surface area contributed by atoms with Crippen LogP contribution in [0.15, 0.2) is 66.7 Å². The van der Waals surface area contributed by atoms with E-state index in [-0.39, 0.29) is 0 Å². The van der Waals surface area contributed by atoms with E-state index < -0.39 is 0 Å². The minimum Gasteiger partial charge on any atom is -0.493 e. The van der Waals surface area contributed by atoms with Crippen LogP contribution in [0.25, 0.3) is 17.1 Å². The van der Waals surface area contributed by atoms with E-state index in [1.165, 1.54) is 11.1 Å². The number of methoxy groups -OCH3 is 1. The summed E-state index contributed by atoms with van der Waals surface area (Å²) in [4.78, 5) is 4.85. The maximum absolute atomic E-state index is 6.17. The van der Waals surface area contributed by atoms with E-state index >= 15 is 0 Å². The van der Waals surface area contributed by atoms with Crippen molar-refractivity contribution in [1.29, 1.82) is 0 Å². The molecular weight excluding hydrogens is 436 g/mol. The number of ether oxygens (including phenoxy) is 3. The van der Waals surface area contributed by atoms with Gasteiger partial charge >= 0.3 is 0 Å². The molecule has 0 saturated heterocycles. The van der Waals surface area contributed by atoms with E-state index in [9.17, 15) is 0 Å². The summed E-state index contributed by atoms with van der Waals surface area (Å²) in [5.41, 5.74) is 5.64. The van der Waals surface area contributed by atoms with E-state index in [1.54, 1.807) is 7.11 Å². The minimum absolute atomic E-state index is 0.368. The number of unbranched alkanes of at least 4 members (excludes halogenated alkanes) is 1. The Morgan fingerprint density at radius 2 is 1.74 bits per heavy atom. The fraction of sp³-hybridized carbons (Fsp3) is 0.300. The lowest BCUT2D eigenvalue weighted by Gasteiger charge is -2.14. The van der Waals surface area contributed by atoms with Gasteiger partial charge in [0.15, 0.2) is 11.5 Å². The number of para-hydroxylation sites is 2. The van der Waals surface area contributed by atoms with E-state index in [0.717, 1.165) is 47.6 Å². The number of benzene rings is 3. The van der Waals surface area contributed by atoms with Crippen molar-refractivity contribution >= 4 is 17.1 Å². The molecular formula is C30H34N2O3. The van der Waals surface area contributed by atoms with Gasteiger partial charge in [-0.05, 0) is 80.6 Å². The second-order valence-electron chi connectivity index (χ2n) is 8.62. The Balaban J connectivity index is 1.42. The molecule has 1 heterocycles. The van der Waals surface area contributed by atoms with Crippen molar-refractivity contribution in [3.63, 3.8) is 0 Å². The average molecular weight is 471 g/mol. The Labute approximate surface area is 208 Å². The van der Waals surface area contributed by atoms with Gasteiger partial charge in [-0.1, -0.05) is 42.5 Å². The smallest absolute Gasteiger partial charge is 0.161 e. The van der Waals surface area contributed by atoms with Crippen molar-refractivity contribution in [2.45, 2.75) is 46.8 Å². The third kappa shape index (κ3) is 5.86. The Hall–Kier alpha value is -3.73. The largest absolute Gasteiger partial charge is 0.493 e. The molecule has 0 N–H and O–H groups in total. The van der Waals surface area contributed by atoms with Gasteiger partial charge in [0.2, 0.25) is 0 Å². The molecule has 4 aromatic rings. The van der Waals surface area contributed by atoms with Gasteiger partial charge in [0, 0.05) is 6.54 Å². The second-order valence-corrected chi connectivity index (χ2v) is 8.62. The predicted octanol–water partition coefficient (Wildman–Crippen LogP) is 7.13. The lowest BCUT2D eigenvalue weighted by molar-refractivity contribution is 0.269. The van der Waals surface area contributed by atoms with Crippen LogP contribution in [-0.2, 0) is 13.2 Å². The highest BCUT2D eigenvalue weighted by atomic mass is 16.5. The van der Waals surface area contributed by atoms with Gasteiger partial charge in [0.05, 0.1) is 24.8 Å². The maximum atomic E-state index is 6.17. The quantitative estimate of drug-likeness (QED) is 0.219. The van der Waals surface area contributed by atoms with E-state index in [2.05, 4.69) is 36.6 Å². The Morgan fingerprint density at radius 1 is 0.886 bits per heavy atom. The molecule has 0 aliphatic carbocycles. The fourth-order valence-electron chi connectivity index (χ4n) is 4.16. The van der Waals surface area contributed by atoms with Crippen LogP contribution in [0.4, 0.5) is 0 Å². The van der Waals surface area contributed by atoms with Crippen molar-refractivity contribution < 1.29 is 14.2 Å². The molecule has 0 saturated carbocycles. The molecule has 0 bridgehead atoms. The van der Waals surface area contributed by atoms with Gasteiger partial charge in [0.25, 0.3) is 0 Å². The predicted molar refractivity (Wildman–Crippen MR) is 142 cm³/mol. The summed E-state index contributed by atoms with van der Waals surface area (Å²) in [5, 5.41) is 0. The highest BCUT2D eigenvalue weighted by Gasteiger charge is 2.13. The first-order chi connectivity index (χ1) is 17.1. The van der Waals surface area contributed by atoms with Crippen LogP contribution >= 0.6 is 0 Å². The van der Waals surface area contributed by atoms with Crippen LogP contribution in [0.5, 0.6) is 17.2 Å². The Kier molecular flexibility index (Phi) is 8.09. The normalized spacial score (nSPS) is 11.3. The summed E-state index contributed by atoms with van der Waals surface area (Å²) >= 11 is 0. The molecule has 0 unspecified atom stereocenters. The summed E-state index contributed by atoms with van der Waals surface area (Å²) in [6.07, 6.45) is 5.99. The summed E-state index contributed by atoms with van der Waals surface area (Å²) in [7, 11) is 1.66. The number of hydrogen-bond acceptors (Lipinski definition) is 4. The number of nitrogens with zero attached hydrogens (tertiary/aromatic N) is 2. The zero-order valence-corrected chi connectivity index (χ0v) is 21.1. The number of aryl methyl sites for hydroxylation is 2. The molecule has 0 atom stereocenters. The molecule has 4 rings (SSSR count). The van der Waals surface area contributed by atoms with E-state index in [4.69, 9.17) is 19.2 Å². The number of imidazole rings is 1. The van der Waals surface area contributed by atoms with Crippen LogP contribution in [0.3, 0.4) is 0 Å². The first-order valence-corrected chi connectivity index (χ1v) is 12.2. The molecule has 0 radical (unpaired) electrons. The minimum atomic E-state index is 0.368. The Morgan fingerprint density at radius 3 is 2.57 bits per heavy atom. The Bertz CT molecular complexity index is 1310. The lowest BCUT2D eigenvalue weighted by Crippen LogP contribution is -2.09. The van der Waals surface area contributed by atoms with Crippen molar-refractivity contribution in [3.05, 3.63) is 89.3 Å². The topological polar surface area (TPSA) is 45.5 Å². The van der Waals surface area contributed by atoms with E-state index in [0.29, 0.717) is 24.7 Å². The molecule has 182 valence electrons. The first-order valence-electron chi connectivity index (χ1n) is 12.2. The highest BCUT2D eigenvalue weighted by molar-refractivity contribution is 5.75. The van der Waals surface area contributed by atoms with Crippen molar-refractivity contribution in [1.82, 2.24) is 9.55 Å².